The normalized spacial score (nSPS) is 22.0. The molecule has 2 aliphatic rings. The quantitative estimate of drug-likeness (QED) is 0.631. The molecule has 0 aliphatic carbocycles. The summed E-state index contributed by atoms with van der Waals surface area (Å²) in [6.07, 6.45) is 1.38. The molecule has 0 saturated carbocycles. The summed E-state index contributed by atoms with van der Waals surface area (Å²) in [5, 5.41) is -0.632. The third kappa shape index (κ3) is 4.40. The molecule has 32 heavy (non-hydrogen) atoms. The summed E-state index contributed by atoms with van der Waals surface area (Å²) in [4.78, 5) is 19.8. The SMILES string of the molecule is CCCCN1C(=O)C(=Nc2ccc(N3CCOCC3)c(Cl)c2)C(c2ccccc2)S1(=O)=O. The topological polar surface area (TPSA) is 79.3 Å². The van der Waals surface area contributed by atoms with Gasteiger partial charge in [-0.3, -0.25) is 4.79 Å². The van der Waals surface area contributed by atoms with E-state index in [2.05, 4.69) is 9.89 Å². The smallest absolute Gasteiger partial charge is 0.283 e. The van der Waals surface area contributed by atoms with Gasteiger partial charge in [0.2, 0.25) is 0 Å². The number of rotatable bonds is 6. The summed E-state index contributed by atoms with van der Waals surface area (Å²) in [6.45, 7) is 4.86. The molecular weight excluding hydrogens is 450 g/mol. The predicted molar refractivity (Wildman–Crippen MR) is 126 cm³/mol. The molecule has 2 heterocycles. The molecule has 1 amide bonds. The van der Waals surface area contributed by atoms with Crippen molar-refractivity contribution in [3.05, 3.63) is 59.1 Å². The fraction of sp³-hybridized carbons (Fsp3) is 0.391. The lowest BCUT2D eigenvalue weighted by atomic mass is 10.1. The highest BCUT2D eigenvalue weighted by molar-refractivity contribution is 7.91. The summed E-state index contributed by atoms with van der Waals surface area (Å²) in [6, 6.07) is 14.0. The molecule has 2 fully saturated rings. The van der Waals surface area contributed by atoms with E-state index in [4.69, 9.17) is 16.3 Å². The van der Waals surface area contributed by atoms with Crippen LogP contribution in [0, 0.1) is 0 Å². The van der Waals surface area contributed by atoms with Crippen LogP contribution in [0.1, 0.15) is 30.6 Å². The molecule has 4 rings (SSSR count). The third-order valence-corrected chi connectivity index (χ3v) is 8.01. The summed E-state index contributed by atoms with van der Waals surface area (Å²) >= 11 is 6.53. The number of unbranched alkanes of at least 4 members (excludes halogenated alkanes) is 1. The largest absolute Gasteiger partial charge is 0.378 e. The van der Waals surface area contributed by atoms with Crippen LogP contribution in [0.15, 0.2) is 53.5 Å². The van der Waals surface area contributed by atoms with E-state index in [1.165, 1.54) is 0 Å². The lowest BCUT2D eigenvalue weighted by Crippen LogP contribution is -2.36. The Labute approximate surface area is 193 Å². The zero-order valence-electron chi connectivity index (χ0n) is 17.9. The zero-order valence-corrected chi connectivity index (χ0v) is 19.5. The van der Waals surface area contributed by atoms with Crippen LogP contribution in [0.25, 0.3) is 0 Å². The van der Waals surface area contributed by atoms with Crippen molar-refractivity contribution in [2.24, 2.45) is 4.99 Å². The van der Waals surface area contributed by atoms with Crippen molar-refractivity contribution in [3.8, 4) is 0 Å². The number of hydrogen-bond donors (Lipinski definition) is 0. The molecule has 170 valence electrons. The molecule has 1 atom stereocenters. The van der Waals surface area contributed by atoms with Gasteiger partial charge in [0.05, 0.1) is 29.6 Å². The molecule has 2 saturated heterocycles. The number of benzene rings is 2. The van der Waals surface area contributed by atoms with Crippen molar-refractivity contribution in [1.29, 1.82) is 0 Å². The van der Waals surface area contributed by atoms with E-state index in [-0.39, 0.29) is 12.3 Å². The second-order valence-electron chi connectivity index (χ2n) is 7.80. The van der Waals surface area contributed by atoms with Crippen LogP contribution in [0.2, 0.25) is 5.02 Å². The highest BCUT2D eigenvalue weighted by Crippen LogP contribution is 2.37. The number of carbonyl (C=O) groups excluding carboxylic acids is 1. The van der Waals surface area contributed by atoms with Crippen molar-refractivity contribution >= 4 is 44.6 Å². The number of ether oxygens (including phenoxy) is 1. The minimum atomic E-state index is -3.91. The van der Waals surface area contributed by atoms with Gasteiger partial charge in [-0.2, -0.15) is 0 Å². The van der Waals surface area contributed by atoms with Gasteiger partial charge in [-0.25, -0.2) is 17.7 Å². The highest BCUT2D eigenvalue weighted by atomic mass is 35.5. The van der Waals surface area contributed by atoms with Crippen LogP contribution in [-0.2, 0) is 19.6 Å². The molecule has 0 bridgehead atoms. The van der Waals surface area contributed by atoms with Crippen LogP contribution in [0.5, 0.6) is 0 Å². The molecular formula is C23H26ClN3O4S. The Balaban J connectivity index is 1.74. The van der Waals surface area contributed by atoms with Crippen LogP contribution >= 0.6 is 11.6 Å². The molecule has 0 aromatic heterocycles. The van der Waals surface area contributed by atoms with Crippen molar-refractivity contribution in [2.75, 3.05) is 37.7 Å². The summed E-state index contributed by atoms with van der Waals surface area (Å²) in [5.74, 6) is -0.569. The van der Waals surface area contributed by atoms with Gasteiger partial charge in [-0.15, -0.1) is 0 Å². The van der Waals surface area contributed by atoms with Crippen molar-refractivity contribution in [3.63, 3.8) is 0 Å². The average Bonchev–Trinajstić information content (AvgIpc) is 2.98. The number of halogens is 1. The van der Waals surface area contributed by atoms with Crippen molar-refractivity contribution < 1.29 is 17.9 Å². The lowest BCUT2D eigenvalue weighted by molar-refractivity contribution is -0.119. The Morgan fingerprint density at radius 1 is 1.12 bits per heavy atom. The number of morpholine rings is 1. The fourth-order valence-corrected chi connectivity index (χ4v) is 6.18. The minimum absolute atomic E-state index is 0.00231. The number of carbonyl (C=O) groups is 1. The van der Waals surface area contributed by atoms with Crippen molar-refractivity contribution in [2.45, 2.75) is 25.0 Å². The van der Waals surface area contributed by atoms with Gasteiger partial charge in [-0.05, 0) is 30.2 Å². The van der Waals surface area contributed by atoms with E-state index < -0.39 is 21.2 Å². The van der Waals surface area contributed by atoms with Gasteiger partial charge in [0.1, 0.15) is 5.71 Å². The Hall–Kier alpha value is -2.42. The van der Waals surface area contributed by atoms with Gasteiger partial charge in [0, 0.05) is 19.6 Å². The molecule has 2 aliphatic heterocycles. The Morgan fingerprint density at radius 2 is 1.84 bits per heavy atom. The van der Waals surface area contributed by atoms with E-state index in [0.717, 1.165) is 29.5 Å². The number of amides is 1. The van der Waals surface area contributed by atoms with Gasteiger partial charge < -0.3 is 9.64 Å². The second kappa shape index (κ2) is 9.60. The van der Waals surface area contributed by atoms with E-state index in [1.54, 1.807) is 36.4 Å². The van der Waals surface area contributed by atoms with E-state index in [0.29, 0.717) is 35.9 Å². The maximum absolute atomic E-state index is 13.3. The Bertz CT molecular complexity index is 1120. The van der Waals surface area contributed by atoms with Crippen LogP contribution in [-0.4, -0.2) is 57.2 Å². The van der Waals surface area contributed by atoms with Gasteiger partial charge in [-0.1, -0.05) is 55.3 Å². The number of nitrogens with zero attached hydrogens (tertiary/aromatic N) is 3. The molecule has 7 nitrogen and oxygen atoms in total. The summed E-state index contributed by atoms with van der Waals surface area (Å²) in [7, 11) is -3.91. The first-order valence-electron chi connectivity index (χ1n) is 10.7. The van der Waals surface area contributed by atoms with Crippen molar-refractivity contribution in [1.82, 2.24) is 4.31 Å². The molecule has 0 spiro atoms. The van der Waals surface area contributed by atoms with E-state index in [1.807, 2.05) is 19.1 Å². The van der Waals surface area contributed by atoms with Crippen LogP contribution < -0.4 is 4.90 Å². The van der Waals surface area contributed by atoms with Crippen LogP contribution in [0.3, 0.4) is 0 Å². The molecule has 2 aromatic carbocycles. The number of anilines is 1. The van der Waals surface area contributed by atoms with E-state index >= 15 is 0 Å². The maximum atomic E-state index is 13.3. The average molecular weight is 476 g/mol. The summed E-state index contributed by atoms with van der Waals surface area (Å²) in [5.41, 5.74) is 1.84. The molecule has 1 unspecified atom stereocenters. The third-order valence-electron chi connectivity index (χ3n) is 5.65. The maximum Gasteiger partial charge on any atom is 0.283 e. The zero-order chi connectivity index (χ0) is 22.7. The Morgan fingerprint density at radius 3 is 2.50 bits per heavy atom. The molecule has 9 heteroatoms. The van der Waals surface area contributed by atoms with Crippen LogP contribution in [0.4, 0.5) is 11.4 Å². The second-order valence-corrected chi connectivity index (χ2v) is 10.1. The Kier molecular flexibility index (Phi) is 6.83. The van der Waals surface area contributed by atoms with Gasteiger partial charge >= 0.3 is 0 Å². The first-order valence-corrected chi connectivity index (χ1v) is 12.6. The first-order chi connectivity index (χ1) is 15.4. The first kappa shape index (κ1) is 22.8. The minimum Gasteiger partial charge on any atom is -0.378 e. The number of sulfonamides is 1. The molecule has 0 N–H and O–H groups in total. The fourth-order valence-electron chi connectivity index (χ4n) is 3.98. The van der Waals surface area contributed by atoms with E-state index in [9.17, 15) is 13.2 Å². The van der Waals surface area contributed by atoms with Gasteiger partial charge in [0.25, 0.3) is 15.9 Å². The monoisotopic (exact) mass is 475 g/mol. The standard InChI is InChI=1S/C23H26ClN3O4S/c1-2-3-11-27-23(28)21(22(32(27,29)30)17-7-5-4-6-8-17)25-18-9-10-20(19(24)16-18)26-12-14-31-15-13-26/h4-10,16,22H,2-3,11-15H2,1H3. The molecule has 0 radical (unpaired) electrons. The number of aliphatic imine (C=N–C) groups is 1. The predicted octanol–water partition coefficient (Wildman–Crippen LogP) is 3.96. The number of hydrogen-bond acceptors (Lipinski definition) is 6. The van der Waals surface area contributed by atoms with Gasteiger partial charge in [0.15, 0.2) is 5.25 Å². The highest BCUT2D eigenvalue weighted by Gasteiger charge is 2.50. The lowest BCUT2D eigenvalue weighted by Gasteiger charge is -2.29. The molecule has 2 aromatic rings. The summed E-state index contributed by atoms with van der Waals surface area (Å²) < 4.78 is 33.0.